The molecule has 0 aromatic carbocycles. The van der Waals surface area contributed by atoms with Gasteiger partial charge >= 0.3 is 5.97 Å². The zero-order valence-electron chi connectivity index (χ0n) is 9.77. The maximum absolute atomic E-state index is 11.4. The number of nitrogens with zero attached hydrogens (tertiary/aromatic N) is 1. The third kappa shape index (κ3) is 3.98. The van der Waals surface area contributed by atoms with Gasteiger partial charge in [-0.2, -0.15) is 0 Å². The van der Waals surface area contributed by atoms with Gasteiger partial charge in [0.1, 0.15) is 6.04 Å². The number of carbonyl (C=O) groups is 1. The Labute approximate surface area is 96.0 Å². The van der Waals surface area contributed by atoms with Crippen molar-refractivity contribution < 1.29 is 9.53 Å². The van der Waals surface area contributed by atoms with Gasteiger partial charge < -0.3 is 10.1 Å². The molecule has 4 heteroatoms. The monoisotopic (exact) mass is 222 g/mol. The third-order valence-electron chi connectivity index (χ3n) is 2.36. The van der Waals surface area contributed by atoms with E-state index in [4.69, 9.17) is 4.74 Å². The lowest BCUT2D eigenvalue weighted by Crippen LogP contribution is -2.37. The molecule has 0 aliphatic rings. The highest BCUT2D eigenvalue weighted by molar-refractivity contribution is 5.75. The summed E-state index contributed by atoms with van der Waals surface area (Å²) in [4.78, 5) is 15.4. The van der Waals surface area contributed by atoms with E-state index in [0.29, 0.717) is 6.54 Å². The molecule has 88 valence electrons. The number of pyridine rings is 1. The van der Waals surface area contributed by atoms with E-state index >= 15 is 0 Å². The van der Waals surface area contributed by atoms with E-state index in [1.807, 2.05) is 19.1 Å². The number of ether oxygens (including phenoxy) is 1. The van der Waals surface area contributed by atoms with Crippen LogP contribution < -0.4 is 5.32 Å². The first-order valence-electron chi connectivity index (χ1n) is 5.48. The molecule has 1 aromatic rings. The first-order valence-corrected chi connectivity index (χ1v) is 5.48. The fraction of sp³-hybridized carbons (Fsp3) is 0.500. The van der Waals surface area contributed by atoms with Crippen molar-refractivity contribution >= 4 is 5.97 Å². The molecule has 1 heterocycles. The molecule has 0 spiro atoms. The van der Waals surface area contributed by atoms with E-state index in [1.54, 1.807) is 12.4 Å². The van der Waals surface area contributed by atoms with Crippen molar-refractivity contribution in [1.82, 2.24) is 10.3 Å². The number of nitrogens with one attached hydrogen (secondary N) is 1. The summed E-state index contributed by atoms with van der Waals surface area (Å²) in [6, 6.07) is 3.63. The summed E-state index contributed by atoms with van der Waals surface area (Å²) in [5.41, 5.74) is 1.11. The summed E-state index contributed by atoms with van der Waals surface area (Å²) < 4.78 is 4.74. The van der Waals surface area contributed by atoms with Crippen molar-refractivity contribution in [2.24, 2.45) is 0 Å². The molecule has 0 aliphatic carbocycles. The van der Waals surface area contributed by atoms with Gasteiger partial charge in [-0.1, -0.05) is 13.3 Å². The number of carbonyl (C=O) groups excluding carboxylic acids is 1. The van der Waals surface area contributed by atoms with Gasteiger partial charge in [0.2, 0.25) is 0 Å². The Hall–Kier alpha value is -1.42. The normalized spacial score (nSPS) is 12.1. The van der Waals surface area contributed by atoms with Crippen molar-refractivity contribution in [3.05, 3.63) is 30.1 Å². The quantitative estimate of drug-likeness (QED) is 0.741. The number of esters is 1. The van der Waals surface area contributed by atoms with Gasteiger partial charge in [-0.3, -0.25) is 9.78 Å². The highest BCUT2D eigenvalue weighted by Crippen LogP contribution is 2.02. The second kappa shape index (κ2) is 6.95. The van der Waals surface area contributed by atoms with E-state index in [9.17, 15) is 4.79 Å². The van der Waals surface area contributed by atoms with Crippen LogP contribution >= 0.6 is 0 Å². The predicted molar refractivity (Wildman–Crippen MR) is 61.8 cm³/mol. The molecule has 16 heavy (non-hydrogen) atoms. The van der Waals surface area contributed by atoms with Crippen LogP contribution in [-0.2, 0) is 16.1 Å². The first kappa shape index (κ1) is 12.6. The van der Waals surface area contributed by atoms with Crippen LogP contribution in [0.4, 0.5) is 0 Å². The molecule has 0 saturated heterocycles. The number of aromatic nitrogens is 1. The van der Waals surface area contributed by atoms with Crippen LogP contribution in [-0.4, -0.2) is 24.1 Å². The molecule has 1 unspecified atom stereocenters. The largest absolute Gasteiger partial charge is 0.468 e. The smallest absolute Gasteiger partial charge is 0.322 e. The van der Waals surface area contributed by atoms with Crippen molar-refractivity contribution in [1.29, 1.82) is 0 Å². The van der Waals surface area contributed by atoms with Gasteiger partial charge in [0.25, 0.3) is 0 Å². The maximum Gasteiger partial charge on any atom is 0.322 e. The van der Waals surface area contributed by atoms with E-state index in [2.05, 4.69) is 10.3 Å². The molecule has 1 rings (SSSR count). The number of methoxy groups -OCH3 is 1. The van der Waals surface area contributed by atoms with Gasteiger partial charge in [0.05, 0.1) is 7.11 Å². The lowest BCUT2D eigenvalue weighted by atomic mass is 10.1. The molecule has 4 nitrogen and oxygen atoms in total. The standard InChI is InChI=1S/C12H18N2O2/c1-3-4-11(12(15)16-2)14-9-10-5-7-13-8-6-10/h5-8,11,14H,3-4,9H2,1-2H3. The molecule has 1 aromatic heterocycles. The van der Waals surface area contributed by atoms with Crippen LogP contribution in [0, 0.1) is 0 Å². The van der Waals surface area contributed by atoms with E-state index in [0.717, 1.165) is 18.4 Å². The predicted octanol–water partition coefficient (Wildman–Crippen LogP) is 1.51. The second-order valence-corrected chi connectivity index (χ2v) is 3.60. The molecular weight excluding hydrogens is 204 g/mol. The third-order valence-corrected chi connectivity index (χ3v) is 2.36. The number of hydrogen-bond donors (Lipinski definition) is 1. The van der Waals surface area contributed by atoms with Crippen LogP contribution in [0.2, 0.25) is 0 Å². The highest BCUT2D eigenvalue weighted by atomic mass is 16.5. The average Bonchev–Trinajstić information content (AvgIpc) is 2.34. The van der Waals surface area contributed by atoms with Crippen LogP contribution in [0.3, 0.4) is 0 Å². The minimum atomic E-state index is -0.219. The lowest BCUT2D eigenvalue weighted by molar-refractivity contribution is -0.143. The molecule has 1 atom stereocenters. The Kier molecular flexibility index (Phi) is 5.50. The fourth-order valence-electron chi connectivity index (χ4n) is 1.48. The topological polar surface area (TPSA) is 51.2 Å². The number of rotatable bonds is 6. The van der Waals surface area contributed by atoms with E-state index < -0.39 is 0 Å². The van der Waals surface area contributed by atoms with Crippen molar-refractivity contribution in [3.8, 4) is 0 Å². The summed E-state index contributed by atoms with van der Waals surface area (Å²) >= 11 is 0. The Morgan fingerprint density at radius 2 is 2.19 bits per heavy atom. The van der Waals surface area contributed by atoms with Gasteiger partial charge in [-0.05, 0) is 24.1 Å². The van der Waals surface area contributed by atoms with Crippen LogP contribution in [0.15, 0.2) is 24.5 Å². The van der Waals surface area contributed by atoms with Crippen molar-refractivity contribution in [3.63, 3.8) is 0 Å². The minimum absolute atomic E-state index is 0.198. The SMILES string of the molecule is CCCC(NCc1ccncc1)C(=O)OC. The minimum Gasteiger partial charge on any atom is -0.468 e. The summed E-state index contributed by atoms with van der Waals surface area (Å²) in [5, 5.41) is 3.19. The van der Waals surface area contributed by atoms with Gasteiger partial charge in [0.15, 0.2) is 0 Å². The van der Waals surface area contributed by atoms with Gasteiger partial charge in [-0.15, -0.1) is 0 Å². The van der Waals surface area contributed by atoms with Gasteiger partial charge in [0, 0.05) is 18.9 Å². The fourth-order valence-corrected chi connectivity index (χ4v) is 1.48. The first-order chi connectivity index (χ1) is 7.77. The summed E-state index contributed by atoms with van der Waals surface area (Å²) in [6.45, 7) is 2.70. The summed E-state index contributed by atoms with van der Waals surface area (Å²) in [6.07, 6.45) is 5.22. The van der Waals surface area contributed by atoms with Crippen molar-refractivity contribution in [2.45, 2.75) is 32.4 Å². The van der Waals surface area contributed by atoms with Gasteiger partial charge in [-0.25, -0.2) is 0 Å². The molecule has 0 amide bonds. The second-order valence-electron chi connectivity index (χ2n) is 3.60. The maximum atomic E-state index is 11.4. The Morgan fingerprint density at radius 3 is 2.75 bits per heavy atom. The van der Waals surface area contributed by atoms with Crippen molar-refractivity contribution in [2.75, 3.05) is 7.11 Å². The zero-order valence-corrected chi connectivity index (χ0v) is 9.77. The molecule has 0 saturated carbocycles. The van der Waals surface area contributed by atoms with Crippen LogP contribution in [0.25, 0.3) is 0 Å². The molecule has 0 fully saturated rings. The van der Waals surface area contributed by atoms with Crippen LogP contribution in [0.5, 0.6) is 0 Å². The summed E-state index contributed by atoms with van der Waals surface area (Å²) in [7, 11) is 1.42. The number of hydrogen-bond acceptors (Lipinski definition) is 4. The van der Waals surface area contributed by atoms with Crippen LogP contribution in [0.1, 0.15) is 25.3 Å². The molecular formula is C12H18N2O2. The zero-order chi connectivity index (χ0) is 11.8. The average molecular weight is 222 g/mol. The Bertz CT molecular complexity index is 314. The molecule has 0 aliphatic heterocycles. The lowest BCUT2D eigenvalue weighted by Gasteiger charge is -2.15. The van der Waals surface area contributed by atoms with E-state index in [1.165, 1.54) is 7.11 Å². The molecule has 0 bridgehead atoms. The van der Waals surface area contributed by atoms with E-state index in [-0.39, 0.29) is 12.0 Å². The Morgan fingerprint density at radius 1 is 1.50 bits per heavy atom. The summed E-state index contributed by atoms with van der Waals surface area (Å²) in [5.74, 6) is -0.198. The molecule has 0 radical (unpaired) electrons. The highest BCUT2D eigenvalue weighted by Gasteiger charge is 2.16. The Balaban J connectivity index is 2.47. The molecule has 1 N–H and O–H groups in total.